The molecule has 0 aliphatic carbocycles. The van der Waals surface area contributed by atoms with E-state index in [1.54, 1.807) is 20.8 Å². The number of carbonyl (C=O) groups is 1. The van der Waals surface area contributed by atoms with Gasteiger partial charge in [0.05, 0.1) is 5.56 Å². The van der Waals surface area contributed by atoms with Crippen molar-refractivity contribution in [1.82, 2.24) is 5.32 Å². The third-order valence-corrected chi connectivity index (χ3v) is 2.38. The molecule has 1 rings (SSSR count). The van der Waals surface area contributed by atoms with Crippen LogP contribution in [0, 0.1) is 5.82 Å². The minimum Gasteiger partial charge on any atom is -0.444 e. The first-order chi connectivity index (χ1) is 9.99. The first kappa shape index (κ1) is 18.0. The van der Waals surface area contributed by atoms with Crippen LogP contribution in [0.4, 0.5) is 22.4 Å². The Bertz CT molecular complexity index is 560. The topological polar surface area (TPSA) is 38.3 Å². The Morgan fingerprint density at radius 3 is 2.45 bits per heavy atom. The van der Waals surface area contributed by atoms with Crippen molar-refractivity contribution in [1.29, 1.82) is 0 Å². The molecule has 0 atom stereocenters. The van der Waals surface area contributed by atoms with Crippen LogP contribution in [0.5, 0.6) is 0 Å². The van der Waals surface area contributed by atoms with Crippen LogP contribution in [0.25, 0.3) is 6.08 Å². The smallest absolute Gasteiger partial charge is 0.416 e. The molecule has 0 aromatic heterocycles. The Morgan fingerprint density at radius 1 is 1.27 bits per heavy atom. The molecule has 3 nitrogen and oxygen atoms in total. The van der Waals surface area contributed by atoms with Crippen molar-refractivity contribution in [2.45, 2.75) is 32.5 Å². The molecular weight excluding hydrogens is 302 g/mol. The lowest BCUT2D eigenvalue weighted by atomic mass is 10.1. The van der Waals surface area contributed by atoms with Gasteiger partial charge in [-0.05, 0) is 39.0 Å². The highest BCUT2D eigenvalue weighted by atomic mass is 19.4. The van der Waals surface area contributed by atoms with E-state index in [4.69, 9.17) is 4.74 Å². The highest BCUT2D eigenvalue weighted by Crippen LogP contribution is 2.30. The van der Waals surface area contributed by atoms with Crippen molar-refractivity contribution in [2.24, 2.45) is 0 Å². The Balaban J connectivity index is 2.65. The fraction of sp³-hybridized carbons (Fsp3) is 0.400. The summed E-state index contributed by atoms with van der Waals surface area (Å²) in [5.74, 6) is -0.776. The van der Waals surface area contributed by atoms with Crippen LogP contribution in [-0.2, 0) is 10.9 Å². The summed E-state index contributed by atoms with van der Waals surface area (Å²) in [7, 11) is 0. The number of ether oxygens (including phenoxy) is 1. The fourth-order valence-corrected chi connectivity index (χ4v) is 1.49. The minimum atomic E-state index is -4.54. The molecule has 1 aromatic carbocycles. The number of carbonyl (C=O) groups excluding carboxylic acids is 1. The van der Waals surface area contributed by atoms with Crippen LogP contribution in [0.3, 0.4) is 0 Å². The van der Waals surface area contributed by atoms with E-state index >= 15 is 0 Å². The zero-order valence-electron chi connectivity index (χ0n) is 12.4. The summed E-state index contributed by atoms with van der Waals surface area (Å²) in [6, 6.07) is 2.13. The first-order valence-electron chi connectivity index (χ1n) is 6.49. The van der Waals surface area contributed by atoms with E-state index in [0.717, 1.165) is 6.07 Å². The third kappa shape index (κ3) is 6.15. The van der Waals surface area contributed by atoms with Crippen molar-refractivity contribution in [2.75, 3.05) is 6.54 Å². The Morgan fingerprint density at radius 2 is 1.91 bits per heavy atom. The monoisotopic (exact) mass is 319 g/mol. The quantitative estimate of drug-likeness (QED) is 0.840. The highest BCUT2D eigenvalue weighted by Gasteiger charge is 2.30. The van der Waals surface area contributed by atoms with Crippen LogP contribution < -0.4 is 5.32 Å². The Hall–Kier alpha value is -2.05. The zero-order valence-corrected chi connectivity index (χ0v) is 12.4. The van der Waals surface area contributed by atoms with Crippen molar-refractivity contribution in [3.63, 3.8) is 0 Å². The lowest BCUT2D eigenvalue weighted by molar-refractivity contribution is -0.137. The molecule has 1 amide bonds. The number of amides is 1. The second-order valence-electron chi connectivity index (χ2n) is 5.52. The molecule has 0 heterocycles. The first-order valence-corrected chi connectivity index (χ1v) is 6.49. The lowest BCUT2D eigenvalue weighted by Crippen LogP contribution is -2.32. The molecule has 0 aliphatic heterocycles. The Labute approximate surface area is 126 Å². The largest absolute Gasteiger partial charge is 0.444 e. The predicted octanol–water partition coefficient (Wildman–Crippen LogP) is 4.38. The summed E-state index contributed by atoms with van der Waals surface area (Å²) < 4.78 is 56.0. The number of hydrogen-bond acceptors (Lipinski definition) is 2. The molecule has 0 aliphatic rings. The van der Waals surface area contributed by atoms with Crippen LogP contribution in [0.15, 0.2) is 24.3 Å². The van der Waals surface area contributed by atoms with Crippen molar-refractivity contribution >= 4 is 12.2 Å². The van der Waals surface area contributed by atoms with Gasteiger partial charge in [0.15, 0.2) is 0 Å². The maximum atomic E-state index is 13.4. The molecule has 122 valence electrons. The van der Waals surface area contributed by atoms with E-state index in [1.165, 1.54) is 12.2 Å². The van der Waals surface area contributed by atoms with E-state index in [2.05, 4.69) is 5.32 Å². The van der Waals surface area contributed by atoms with Gasteiger partial charge in [-0.25, -0.2) is 9.18 Å². The van der Waals surface area contributed by atoms with Crippen molar-refractivity contribution in [3.05, 3.63) is 41.2 Å². The SMILES string of the molecule is CC(C)(C)OC(=O)NCC=Cc1cc(C(F)(F)F)ccc1F. The Kier molecular flexibility index (Phi) is 5.57. The van der Waals surface area contributed by atoms with E-state index in [-0.39, 0.29) is 12.1 Å². The summed E-state index contributed by atoms with van der Waals surface area (Å²) in [6.07, 6.45) is -2.70. The van der Waals surface area contributed by atoms with Gasteiger partial charge >= 0.3 is 12.3 Å². The molecule has 1 N–H and O–H groups in total. The van der Waals surface area contributed by atoms with Gasteiger partial charge in [0.1, 0.15) is 11.4 Å². The van der Waals surface area contributed by atoms with Crippen molar-refractivity contribution in [3.8, 4) is 0 Å². The summed E-state index contributed by atoms with van der Waals surface area (Å²) in [5, 5.41) is 2.38. The number of benzene rings is 1. The van der Waals surface area contributed by atoms with Gasteiger partial charge < -0.3 is 10.1 Å². The summed E-state index contributed by atoms with van der Waals surface area (Å²) >= 11 is 0. The standard InChI is InChI=1S/C15H17F4NO2/c1-14(2,3)22-13(21)20-8-4-5-10-9-11(15(17,18)19)6-7-12(10)16/h4-7,9H,8H2,1-3H3,(H,20,21). The average molecular weight is 319 g/mol. The van der Waals surface area contributed by atoms with Crippen molar-refractivity contribution < 1.29 is 27.1 Å². The maximum absolute atomic E-state index is 13.4. The van der Waals surface area contributed by atoms with E-state index in [9.17, 15) is 22.4 Å². The lowest BCUT2D eigenvalue weighted by Gasteiger charge is -2.19. The van der Waals surface area contributed by atoms with E-state index in [0.29, 0.717) is 12.1 Å². The molecule has 7 heteroatoms. The molecule has 0 saturated heterocycles. The van der Waals surface area contributed by atoms with Crippen LogP contribution >= 0.6 is 0 Å². The second-order valence-corrected chi connectivity index (χ2v) is 5.52. The summed E-state index contributed by atoms with van der Waals surface area (Å²) in [6.45, 7) is 5.09. The molecule has 0 spiro atoms. The van der Waals surface area contributed by atoms with Crippen LogP contribution in [0.1, 0.15) is 31.9 Å². The number of halogens is 4. The van der Waals surface area contributed by atoms with Gasteiger partial charge in [-0.2, -0.15) is 13.2 Å². The molecule has 22 heavy (non-hydrogen) atoms. The van der Waals surface area contributed by atoms with E-state index in [1.807, 2.05) is 0 Å². The molecule has 0 bridgehead atoms. The molecular formula is C15H17F4NO2. The summed E-state index contributed by atoms with van der Waals surface area (Å²) in [5.41, 5.74) is -1.80. The molecule has 1 aromatic rings. The minimum absolute atomic E-state index is 0.00456. The number of alkyl carbamates (subject to hydrolysis) is 1. The molecule has 0 saturated carbocycles. The van der Waals surface area contributed by atoms with Gasteiger partial charge in [0, 0.05) is 12.1 Å². The molecule has 0 radical (unpaired) electrons. The van der Waals surface area contributed by atoms with Crippen LogP contribution in [0.2, 0.25) is 0 Å². The number of rotatable bonds is 3. The van der Waals surface area contributed by atoms with Gasteiger partial charge in [-0.1, -0.05) is 12.2 Å². The zero-order chi connectivity index (χ0) is 17.0. The number of nitrogens with one attached hydrogen (secondary N) is 1. The van der Waals surface area contributed by atoms with Gasteiger partial charge in [0.2, 0.25) is 0 Å². The fourth-order valence-electron chi connectivity index (χ4n) is 1.49. The van der Waals surface area contributed by atoms with Gasteiger partial charge in [-0.15, -0.1) is 0 Å². The van der Waals surface area contributed by atoms with E-state index < -0.39 is 29.3 Å². The molecule has 0 unspecified atom stereocenters. The van der Waals surface area contributed by atoms with Crippen LogP contribution in [-0.4, -0.2) is 18.2 Å². The average Bonchev–Trinajstić information content (AvgIpc) is 2.33. The normalized spacial score (nSPS) is 12.5. The molecule has 0 fully saturated rings. The predicted molar refractivity (Wildman–Crippen MR) is 74.7 cm³/mol. The third-order valence-electron chi connectivity index (χ3n) is 2.38. The number of hydrogen-bond donors (Lipinski definition) is 1. The number of alkyl halides is 3. The maximum Gasteiger partial charge on any atom is 0.416 e. The van der Waals surface area contributed by atoms with Gasteiger partial charge in [-0.3, -0.25) is 0 Å². The summed E-state index contributed by atoms with van der Waals surface area (Å²) in [4.78, 5) is 11.3. The highest BCUT2D eigenvalue weighted by molar-refractivity contribution is 5.68. The second kappa shape index (κ2) is 6.81. The van der Waals surface area contributed by atoms with Gasteiger partial charge in [0.25, 0.3) is 0 Å².